The van der Waals surface area contributed by atoms with Crippen LogP contribution in [-0.2, 0) is 29.0 Å². The minimum absolute atomic E-state index is 0.186. The molecule has 2 aromatic heterocycles. The lowest BCUT2D eigenvalue weighted by Crippen LogP contribution is -2.08. The summed E-state index contributed by atoms with van der Waals surface area (Å²) in [4.78, 5) is 16.7. The van der Waals surface area contributed by atoms with Crippen LogP contribution >= 0.6 is 11.3 Å². The zero-order valence-corrected chi connectivity index (χ0v) is 14.6. The van der Waals surface area contributed by atoms with Crippen molar-refractivity contribution in [1.29, 1.82) is 0 Å². The van der Waals surface area contributed by atoms with Crippen molar-refractivity contribution in [3.05, 3.63) is 64.3 Å². The highest BCUT2D eigenvalue weighted by Crippen LogP contribution is 2.30. The molecule has 25 heavy (non-hydrogen) atoms. The fraction of sp³-hybridized carbons (Fsp3) is 0.200. The minimum Gasteiger partial charge on any atom is -0.464 e. The molecule has 0 fully saturated rings. The Labute approximate surface area is 149 Å². The van der Waals surface area contributed by atoms with Crippen molar-refractivity contribution in [2.24, 2.45) is 0 Å². The van der Waals surface area contributed by atoms with E-state index in [1.807, 2.05) is 35.7 Å². The van der Waals surface area contributed by atoms with Crippen LogP contribution in [0.5, 0.6) is 0 Å². The Morgan fingerprint density at radius 1 is 1.24 bits per heavy atom. The number of esters is 1. The first kappa shape index (κ1) is 15.8. The molecule has 2 heterocycles. The number of aromatic nitrogens is 1. The molecule has 4 nitrogen and oxygen atoms in total. The molecule has 0 saturated heterocycles. The van der Waals surface area contributed by atoms with Gasteiger partial charge in [-0.1, -0.05) is 37.3 Å². The fourth-order valence-electron chi connectivity index (χ4n) is 2.94. The maximum absolute atomic E-state index is 12.3. The Bertz CT molecular complexity index is 1050. The first-order valence-electron chi connectivity index (χ1n) is 8.21. The number of hydrogen-bond donors (Lipinski definition) is 0. The van der Waals surface area contributed by atoms with Crippen molar-refractivity contribution in [2.45, 2.75) is 26.4 Å². The molecule has 0 aliphatic carbocycles. The maximum Gasteiger partial charge on any atom is 0.310 e. The summed E-state index contributed by atoms with van der Waals surface area (Å²) in [7, 11) is 0. The van der Waals surface area contributed by atoms with Gasteiger partial charge in [0, 0.05) is 16.3 Å². The summed E-state index contributed by atoms with van der Waals surface area (Å²) in [5.41, 5.74) is 2.44. The van der Waals surface area contributed by atoms with E-state index in [2.05, 4.69) is 18.0 Å². The number of thiazole rings is 1. The quantitative estimate of drug-likeness (QED) is 0.480. The number of furan rings is 1. The third kappa shape index (κ3) is 3.15. The van der Waals surface area contributed by atoms with Crippen molar-refractivity contribution in [3.63, 3.8) is 0 Å². The molecular weight excluding hydrogens is 334 g/mol. The van der Waals surface area contributed by atoms with Crippen molar-refractivity contribution >= 4 is 39.0 Å². The van der Waals surface area contributed by atoms with Crippen LogP contribution in [0, 0.1) is 0 Å². The van der Waals surface area contributed by atoms with E-state index in [0.717, 1.165) is 44.4 Å². The molecule has 0 aliphatic heterocycles. The van der Waals surface area contributed by atoms with Crippen LogP contribution < -0.4 is 0 Å². The average Bonchev–Trinajstić information content (AvgIpc) is 3.27. The molecule has 2 aromatic carbocycles. The Hall–Kier alpha value is -2.66. The molecule has 0 saturated carbocycles. The average molecular weight is 351 g/mol. The SMILES string of the molecule is CCc1nc(COC(=O)Cc2coc3ccc4ccccc4c23)cs1. The summed E-state index contributed by atoms with van der Waals surface area (Å²) in [5, 5.41) is 6.19. The second-order valence-corrected chi connectivity index (χ2v) is 6.79. The lowest BCUT2D eigenvalue weighted by Gasteiger charge is -2.04. The summed E-state index contributed by atoms with van der Waals surface area (Å²) >= 11 is 1.59. The van der Waals surface area contributed by atoms with Gasteiger partial charge in [0.1, 0.15) is 12.2 Å². The molecule has 0 spiro atoms. The van der Waals surface area contributed by atoms with Crippen molar-refractivity contribution in [2.75, 3.05) is 0 Å². The molecule has 126 valence electrons. The highest BCUT2D eigenvalue weighted by atomic mass is 32.1. The number of hydrogen-bond acceptors (Lipinski definition) is 5. The number of ether oxygens (including phenoxy) is 1. The van der Waals surface area contributed by atoms with Crippen LogP contribution in [0.4, 0.5) is 0 Å². The van der Waals surface area contributed by atoms with Gasteiger partial charge >= 0.3 is 5.97 Å². The standard InChI is InChI=1S/C20H17NO3S/c1-2-18-21-15(12-25-18)11-24-19(22)9-14-10-23-17-8-7-13-5-3-4-6-16(13)20(14)17/h3-8,10,12H,2,9,11H2,1H3. The van der Waals surface area contributed by atoms with Crippen LogP contribution in [0.3, 0.4) is 0 Å². The monoisotopic (exact) mass is 351 g/mol. The second-order valence-electron chi connectivity index (χ2n) is 5.84. The molecule has 0 unspecified atom stereocenters. The second kappa shape index (κ2) is 6.69. The van der Waals surface area contributed by atoms with Crippen molar-refractivity contribution < 1.29 is 13.9 Å². The van der Waals surface area contributed by atoms with Gasteiger partial charge in [0.15, 0.2) is 0 Å². The summed E-state index contributed by atoms with van der Waals surface area (Å²) < 4.78 is 11.0. The number of rotatable bonds is 5. The Kier molecular flexibility index (Phi) is 4.24. The largest absolute Gasteiger partial charge is 0.464 e. The third-order valence-corrected chi connectivity index (χ3v) is 5.20. The molecule has 0 amide bonds. The smallest absolute Gasteiger partial charge is 0.310 e. The first-order chi connectivity index (χ1) is 12.2. The van der Waals surface area contributed by atoms with E-state index >= 15 is 0 Å². The molecule has 0 atom stereocenters. The molecule has 0 N–H and O–H groups in total. The van der Waals surface area contributed by atoms with Crippen LogP contribution in [0.2, 0.25) is 0 Å². The van der Waals surface area contributed by atoms with Gasteiger partial charge in [0.05, 0.1) is 23.4 Å². The van der Waals surface area contributed by atoms with Gasteiger partial charge in [0.2, 0.25) is 0 Å². The van der Waals surface area contributed by atoms with Crippen LogP contribution in [-0.4, -0.2) is 11.0 Å². The molecule has 4 aromatic rings. The number of fused-ring (bicyclic) bond motifs is 3. The van der Waals surface area contributed by atoms with Gasteiger partial charge in [-0.05, 0) is 23.3 Å². The van der Waals surface area contributed by atoms with E-state index in [0.29, 0.717) is 0 Å². The topological polar surface area (TPSA) is 52.3 Å². The van der Waals surface area contributed by atoms with Gasteiger partial charge in [0.25, 0.3) is 0 Å². The zero-order chi connectivity index (χ0) is 17.2. The van der Waals surface area contributed by atoms with Crippen LogP contribution in [0.15, 0.2) is 52.5 Å². The maximum atomic E-state index is 12.3. The third-order valence-electron chi connectivity index (χ3n) is 4.16. The van der Waals surface area contributed by atoms with Gasteiger partial charge in [-0.2, -0.15) is 0 Å². The highest BCUT2D eigenvalue weighted by Gasteiger charge is 2.14. The molecule has 0 bridgehead atoms. The summed E-state index contributed by atoms with van der Waals surface area (Å²) in [5.74, 6) is -0.276. The molecular formula is C20H17NO3S. The number of carbonyl (C=O) groups excluding carboxylic acids is 1. The van der Waals surface area contributed by atoms with E-state index in [9.17, 15) is 4.79 Å². The van der Waals surface area contributed by atoms with Crippen molar-refractivity contribution in [1.82, 2.24) is 4.98 Å². The van der Waals surface area contributed by atoms with Gasteiger partial charge in [-0.3, -0.25) is 4.79 Å². The van der Waals surface area contributed by atoms with Gasteiger partial charge in [-0.25, -0.2) is 4.98 Å². The number of nitrogens with zero attached hydrogens (tertiary/aromatic N) is 1. The van der Waals surface area contributed by atoms with E-state index in [1.165, 1.54) is 0 Å². The summed E-state index contributed by atoms with van der Waals surface area (Å²) in [6, 6.07) is 12.1. The lowest BCUT2D eigenvalue weighted by atomic mass is 10.0. The molecule has 4 rings (SSSR count). The fourth-order valence-corrected chi connectivity index (χ4v) is 3.67. The molecule has 5 heteroatoms. The van der Waals surface area contributed by atoms with Gasteiger partial charge < -0.3 is 9.15 Å². The van der Waals surface area contributed by atoms with E-state index in [4.69, 9.17) is 9.15 Å². The van der Waals surface area contributed by atoms with E-state index in [-0.39, 0.29) is 19.0 Å². The van der Waals surface area contributed by atoms with Crippen molar-refractivity contribution in [3.8, 4) is 0 Å². The number of benzene rings is 2. The predicted molar refractivity (Wildman–Crippen MR) is 98.7 cm³/mol. The normalized spacial score (nSPS) is 11.2. The predicted octanol–water partition coefficient (Wildman–Crippen LogP) is 4.89. The van der Waals surface area contributed by atoms with Crippen LogP contribution in [0.25, 0.3) is 21.7 Å². The summed E-state index contributed by atoms with van der Waals surface area (Å²) in [6.45, 7) is 2.27. The van der Waals surface area contributed by atoms with Gasteiger partial charge in [-0.15, -0.1) is 11.3 Å². The molecule has 0 aliphatic rings. The number of carbonyl (C=O) groups is 1. The highest BCUT2D eigenvalue weighted by molar-refractivity contribution is 7.09. The van der Waals surface area contributed by atoms with E-state index < -0.39 is 0 Å². The Morgan fingerprint density at radius 2 is 2.12 bits per heavy atom. The zero-order valence-electron chi connectivity index (χ0n) is 13.8. The lowest BCUT2D eigenvalue weighted by molar-refractivity contribution is -0.144. The minimum atomic E-state index is -0.276. The van der Waals surface area contributed by atoms with E-state index in [1.54, 1.807) is 17.6 Å². The molecule has 0 radical (unpaired) electrons. The summed E-state index contributed by atoms with van der Waals surface area (Å²) in [6.07, 6.45) is 2.73. The Balaban J connectivity index is 1.54. The Morgan fingerprint density at radius 3 is 2.96 bits per heavy atom. The first-order valence-corrected chi connectivity index (χ1v) is 9.09. The van der Waals surface area contributed by atoms with Crippen LogP contribution in [0.1, 0.15) is 23.2 Å². The number of aryl methyl sites for hydroxylation is 1.